The Hall–Kier alpha value is -1.75. The van der Waals surface area contributed by atoms with Gasteiger partial charge in [0.25, 0.3) is 0 Å². The summed E-state index contributed by atoms with van der Waals surface area (Å²) in [5.74, 6) is -0.235. The van der Waals surface area contributed by atoms with Crippen LogP contribution in [0.3, 0.4) is 0 Å². The molecule has 2 aromatic rings. The number of nitrogens with zero attached hydrogens (tertiary/aromatic N) is 4. The third kappa shape index (κ3) is 3.29. The van der Waals surface area contributed by atoms with Crippen molar-refractivity contribution in [2.24, 2.45) is 0 Å². The lowest BCUT2D eigenvalue weighted by atomic mass is 10.2. The van der Waals surface area contributed by atoms with Gasteiger partial charge in [-0.1, -0.05) is 18.1 Å². The van der Waals surface area contributed by atoms with Gasteiger partial charge in [-0.3, -0.25) is 4.90 Å². The molecule has 0 N–H and O–H groups in total. The Morgan fingerprint density at radius 2 is 1.71 bits per heavy atom. The maximum Gasteiger partial charge on any atom is 0.123 e. The number of hydrogen-bond donors (Lipinski definition) is 0. The van der Waals surface area contributed by atoms with Gasteiger partial charge in [0.05, 0.1) is 11.4 Å². The van der Waals surface area contributed by atoms with Crippen LogP contribution in [0.1, 0.15) is 37.1 Å². The molecule has 21 heavy (non-hydrogen) atoms. The first-order chi connectivity index (χ1) is 10.2. The summed E-state index contributed by atoms with van der Waals surface area (Å²) in [7, 11) is 0. The lowest BCUT2D eigenvalue weighted by molar-refractivity contribution is 0.273. The van der Waals surface area contributed by atoms with Crippen LogP contribution in [0.5, 0.6) is 0 Å². The maximum atomic E-state index is 13.0. The van der Waals surface area contributed by atoms with E-state index in [1.807, 2.05) is 6.92 Å². The van der Waals surface area contributed by atoms with Crippen LogP contribution in [0.4, 0.5) is 4.39 Å². The molecule has 1 aromatic heterocycles. The summed E-state index contributed by atoms with van der Waals surface area (Å²) in [5, 5.41) is 8.54. The number of hydrogen-bond acceptors (Lipinski definition) is 3. The highest BCUT2D eigenvalue weighted by molar-refractivity contribution is 5.33. The van der Waals surface area contributed by atoms with Crippen LogP contribution in [-0.4, -0.2) is 33.0 Å². The summed E-state index contributed by atoms with van der Waals surface area (Å²) in [6, 6.07) is 6.36. The number of rotatable bonds is 3. The molecule has 0 unspecified atom stereocenters. The van der Waals surface area contributed by atoms with E-state index in [1.165, 1.54) is 37.8 Å². The van der Waals surface area contributed by atoms with E-state index in [0.717, 1.165) is 36.7 Å². The van der Waals surface area contributed by atoms with E-state index in [0.29, 0.717) is 0 Å². The normalized spacial score (nSPS) is 16.9. The SMILES string of the molecule is Cc1c(CN2CCCCCC2)nnn1-c1ccc(F)cc1. The molecule has 0 bridgehead atoms. The van der Waals surface area contributed by atoms with Crippen LogP contribution >= 0.6 is 0 Å². The molecule has 3 rings (SSSR count). The van der Waals surface area contributed by atoms with Crippen molar-refractivity contribution in [2.75, 3.05) is 13.1 Å². The highest BCUT2D eigenvalue weighted by Crippen LogP contribution is 2.16. The van der Waals surface area contributed by atoms with Gasteiger partial charge in [0.15, 0.2) is 0 Å². The van der Waals surface area contributed by atoms with Crippen molar-refractivity contribution in [1.82, 2.24) is 19.9 Å². The highest BCUT2D eigenvalue weighted by atomic mass is 19.1. The molecular formula is C16H21FN4. The smallest absolute Gasteiger partial charge is 0.123 e. The molecule has 1 fully saturated rings. The van der Waals surface area contributed by atoms with E-state index in [9.17, 15) is 4.39 Å². The molecule has 0 radical (unpaired) electrons. The molecule has 1 aliphatic heterocycles. The van der Waals surface area contributed by atoms with Gasteiger partial charge in [0, 0.05) is 6.54 Å². The van der Waals surface area contributed by atoms with Crippen molar-refractivity contribution < 1.29 is 4.39 Å². The Labute approximate surface area is 124 Å². The minimum absolute atomic E-state index is 0.235. The summed E-state index contributed by atoms with van der Waals surface area (Å²) in [6.07, 6.45) is 5.20. The number of aromatic nitrogens is 3. The molecule has 1 aromatic carbocycles. The number of halogens is 1. The van der Waals surface area contributed by atoms with Crippen molar-refractivity contribution >= 4 is 0 Å². The van der Waals surface area contributed by atoms with Gasteiger partial charge in [-0.2, -0.15) is 0 Å². The van der Waals surface area contributed by atoms with Crippen LogP contribution in [0, 0.1) is 12.7 Å². The lowest BCUT2D eigenvalue weighted by Gasteiger charge is -2.18. The molecule has 2 heterocycles. The summed E-state index contributed by atoms with van der Waals surface area (Å²) < 4.78 is 14.8. The summed E-state index contributed by atoms with van der Waals surface area (Å²) in [4.78, 5) is 2.46. The van der Waals surface area contributed by atoms with Crippen LogP contribution in [0.15, 0.2) is 24.3 Å². The second-order valence-electron chi connectivity index (χ2n) is 5.70. The summed E-state index contributed by atoms with van der Waals surface area (Å²) in [6.45, 7) is 5.16. The van der Waals surface area contributed by atoms with Crippen LogP contribution in [-0.2, 0) is 6.54 Å². The monoisotopic (exact) mass is 288 g/mol. The lowest BCUT2D eigenvalue weighted by Crippen LogP contribution is -2.24. The van der Waals surface area contributed by atoms with Crippen LogP contribution in [0.25, 0.3) is 5.69 Å². The van der Waals surface area contributed by atoms with Gasteiger partial charge in [-0.05, 0) is 57.1 Å². The van der Waals surface area contributed by atoms with E-state index >= 15 is 0 Å². The Morgan fingerprint density at radius 3 is 2.38 bits per heavy atom. The molecule has 0 amide bonds. The summed E-state index contributed by atoms with van der Waals surface area (Å²) in [5.41, 5.74) is 2.90. The third-order valence-electron chi connectivity index (χ3n) is 4.13. The van der Waals surface area contributed by atoms with Gasteiger partial charge in [0.2, 0.25) is 0 Å². The van der Waals surface area contributed by atoms with Crippen molar-refractivity contribution in [3.05, 3.63) is 41.5 Å². The molecule has 5 heteroatoms. The molecule has 1 aliphatic rings. The van der Waals surface area contributed by atoms with E-state index in [-0.39, 0.29) is 5.82 Å². The molecular weight excluding hydrogens is 267 g/mol. The predicted octanol–water partition coefficient (Wildman–Crippen LogP) is 3.09. The van der Waals surface area contributed by atoms with Crippen molar-refractivity contribution in [3.8, 4) is 5.69 Å². The average Bonchev–Trinajstić information content (AvgIpc) is 2.70. The predicted molar refractivity (Wildman–Crippen MR) is 79.8 cm³/mol. The average molecular weight is 288 g/mol. The quantitative estimate of drug-likeness (QED) is 0.870. The minimum atomic E-state index is -0.235. The van der Waals surface area contributed by atoms with Crippen LogP contribution < -0.4 is 0 Å². The van der Waals surface area contributed by atoms with Gasteiger partial charge < -0.3 is 0 Å². The summed E-state index contributed by atoms with van der Waals surface area (Å²) >= 11 is 0. The zero-order valence-corrected chi connectivity index (χ0v) is 12.4. The first kappa shape index (κ1) is 14.2. The Kier molecular flexibility index (Phi) is 4.29. The van der Waals surface area contributed by atoms with E-state index < -0.39 is 0 Å². The first-order valence-electron chi connectivity index (χ1n) is 7.63. The fourth-order valence-corrected chi connectivity index (χ4v) is 2.84. The zero-order chi connectivity index (χ0) is 14.7. The zero-order valence-electron chi connectivity index (χ0n) is 12.4. The number of benzene rings is 1. The fraction of sp³-hybridized carbons (Fsp3) is 0.500. The van der Waals surface area contributed by atoms with Gasteiger partial charge >= 0.3 is 0 Å². The van der Waals surface area contributed by atoms with Crippen molar-refractivity contribution in [3.63, 3.8) is 0 Å². The third-order valence-corrected chi connectivity index (χ3v) is 4.13. The Balaban J connectivity index is 1.77. The van der Waals surface area contributed by atoms with Crippen molar-refractivity contribution in [1.29, 1.82) is 0 Å². The molecule has 0 aliphatic carbocycles. The molecule has 112 valence electrons. The van der Waals surface area contributed by atoms with E-state index in [2.05, 4.69) is 15.2 Å². The van der Waals surface area contributed by atoms with Gasteiger partial charge in [-0.25, -0.2) is 9.07 Å². The van der Waals surface area contributed by atoms with Crippen LogP contribution in [0.2, 0.25) is 0 Å². The van der Waals surface area contributed by atoms with E-state index in [4.69, 9.17) is 0 Å². The highest BCUT2D eigenvalue weighted by Gasteiger charge is 2.15. The molecule has 0 spiro atoms. The molecule has 0 saturated carbocycles. The van der Waals surface area contributed by atoms with Gasteiger partial charge in [0.1, 0.15) is 11.5 Å². The Bertz CT molecular complexity index is 583. The van der Waals surface area contributed by atoms with Gasteiger partial charge in [-0.15, -0.1) is 5.10 Å². The second kappa shape index (κ2) is 6.35. The maximum absolute atomic E-state index is 13.0. The van der Waals surface area contributed by atoms with E-state index in [1.54, 1.807) is 16.8 Å². The molecule has 1 saturated heterocycles. The standard InChI is InChI=1S/C16H21FN4/c1-13-16(12-20-10-4-2-3-5-11-20)18-19-21(13)15-8-6-14(17)7-9-15/h6-9H,2-5,10-12H2,1H3. The van der Waals surface area contributed by atoms with Crippen molar-refractivity contribution in [2.45, 2.75) is 39.2 Å². The largest absolute Gasteiger partial charge is 0.297 e. The fourth-order valence-electron chi connectivity index (χ4n) is 2.84. The minimum Gasteiger partial charge on any atom is -0.297 e. The second-order valence-corrected chi connectivity index (χ2v) is 5.70. The molecule has 4 nitrogen and oxygen atoms in total. The molecule has 0 atom stereocenters. The first-order valence-corrected chi connectivity index (χ1v) is 7.63. The number of likely N-dealkylation sites (tertiary alicyclic amines) is 1. The topological polar surface area (TPSA) is 34.0 Å². The Morgan fingerprint density at radius 1 is 1.05 bits per heavy atom.